The molecule has 1 N–H and O–H groups in total. The Labute approximate surface area is 230 Å². The highest BCUT2D eigenvalue weighted by Gasteiger charge is 2.25. The molecule has 0 aliphatic heterocycles. The van der Waals surface area contributed by atoms with Gasteiger partial charge in [-0.3, -0.25) is 0 Å². The van der Waals surface area contributed by atoms with E-state index < -0.39 is 0 Å². The average molecular weight is 511 g/mol. The van der Waals surface area contributed by atoms with Crippen molar-refractivity contribution in [2.75, 3.05) is 0 Å². The van der Waals surface area contributed by atoms with Crippen LogP contribution in [0.3, 0.4) is 0 Å². The Morgan fingerprint density at radius 1 is 0.513 bits per heavy atom. The lowest BCUT2D eigenvalue weighted by molar-refractivity contribution is 0.477. The van der Waals surface area contributed by atoms with Gasteiger partial charge in [-0.05, 0) is 57.0 Å². The number of hydrogen-bond acceptors (Lipinski definition) is 3. The summed E-state index contributed by atoms with van der Waals surface area (Å²) in [6, 6.07) is 31.1. The van der Waals surface area contributed by atoms with E-state index >= 15 is 0 Å². The molecule has 6 aromatic rings. The van der Waals surface area contributed by atoms with E-state index in [1.54, 1.807) is 6.07 Å². The minimum absolute atomic E-state index is 0.101. The first-order valence-electron chi connectivity index (χ1n) is 13.6. The molecule has 0 aliphatic rings. The fourth-order valence-corrected chi connectivity index (χ4v) is 5.63. The maximum Gasteiger partial charge on any atom is 0.124 e. The lowest BCUT2D eigenvalue weighted by Gasteiger charge is -2.25. The van der Waals surface area contributed by atoms with Gasteiger partial charge in [0.1, 0.15) is 5.75 Å². The van der Waals surface area contributed by atoms with E-state index in [-0.39, 0.29) is 16.6 Å². The number of phenols is 1. The average Bonchev–Trinajstić information content (AvgIpc) is 2.90. The molecule has 0 spiro atoms. The van der Waals surface area contributed by atoms with E-state index in [0.29, 0.717) is 0 Å². The molecule has 2 heterocycles. The van der Waals surface area contributed by atoms with Gasteiger partial charge in [0.05, 0.1) is 22.4 Å². The molecule has 39 heavy (non-hydrogen) atoms. The van der Waals surface area contributed by atoms with Crippen LogP contribution >= 0.6 is 0 Å². The molecule has 0 saturated heterocycles. The number of para-hydroxylation sites is 1. The molecular formula is C36H34N2O. The van der Waals surface area contributed by atoms with Gasteiger partial charge in [0, 0.05) is 21.9 Å². The van der Waals surface area contributed by atoms with Gasteiger partial charge in [-0.2, -0.15) is 0 Å². The van der Waals surface area contributed by atoms with E-state index in [9.17, 15) is 5.11 Å². The number of aromatic nitrogens is 2. The van der Waals surface area contributed by atoms with Gasteiger partial charge < -0.3 is 5.11 Å². The van der Waals surface area contributed by atoms with Gasteiger partial charge in [0.2, 0.25) is 0 Å². The van der Waals surface area contributed by atoms with Crippen LogP contribution < -0.4 is 0 Å². The van der Waals surface area contributed by atoms with Crippen molar-refractivity contribution in [3.63, 3.8) is 0 Å². The van der Waals surface area contributed by atoms with Gasteiger partial charge in [-0.25, -0.2) is 9.97 Å². The number of fused-ring (bicyclic) bond motifs is 4. The van der Waals surface area contributed by atoms with Crippen molar-refractivity contribution in [3.8, 4) is 28.3 Å². The highest BCUT2D eigenvalue weighted by Crippen LogP contribution is 2.41. The zero-order valence-corrected chi connectivity index (χ0v) is 23.5. The Kier molecular flexibility index (Phi) is 5.73. The lowest BCUT2D eigenvalue weighted by atomic mass is 9.81. The van der Waals surface area contributed by atoms with Crippen molar-refractivity contribution < 1.29 is 5.11 Å². The van der Waals surface area contributed by atoms with Crippen molar-refractivity contribution in [3.05, 3.63) is 102 Å². The third-order valence-electron chi connectivity index (χ3n) is 7.62. The van der Waals surface area contributed by atoms with Gasteiger partial charge in [-0.15, -0.1) is 0 Å². The standard InChI is InChI=1S/C36H34N2O/c1-35(2,3)28-20-30(24-16-11-13-22-12-7-8-14-23(22)24)37-33-25(28)18-19-26-29(36(4,5)6)21-31(38-34(26)33)27-15-9-10-17-32(27)39/h7-21,39H,1-6H3. The van der Waals surface area contributed by atoms with Crippen LogP contribution in [0, 0.1) is 0 Å². The minimum Gasteiger partial charge on any atom is -0.507 e. The Bertz CT molecular complexity index is 1880. The van der Waals surface area contributed by atoms with E-state index in [2.05, 4.69) is 108 Å². The largest absolute Gasteiger partial charge is 0.507 e. The van der Waals surface area contributed by atoms with Crippen LogP contribution in [0.4, 0.5) is 0 Å². The van der Waals surface area contributed by atoms with Crippen molar-refractivity contribution >= 4 is 32.6 Å². The molecule has 0 fully saturated rings. The zero-order valence-electron chi connectivity index (χ0n) is 23.5. The monoisotopic (exact) mass is 510 g/mol. The van der Waals surface area contributed by atoms with Crippen LogP contribution in [0.1, 0.15) is 52.7 Å². The molecule has 0 bridgehead atoms. The molecule has 0 aliphatic carbocycles. The summed E-state index contributed by atoms with van der Waals surface area (Å²) >= 11 is 0. The van der Waals surface area contributed by atoms with Gasteiger partial charge in [0.25, 0.3) is 0 Å². The third-order valence-corrected chi connectivity index (χ3v) is 7.62. The van der Waals surface area contributed by atoms with E-state index in [0.717, 1.165) is 44.3 Å². The van der Waals surface area contributed by atoms with Crippen LogP contribution in [0.25, 0.3) is 55.1 Å². The second-order valence-electron chi connectivity index (χ2n) is 12.5. The number of phenolic OH excluding ortho intramolecular Hbond substituents is 1. The number of nitrogens with zero attached hydrogens (tertiary/aromatic N) is 2. The minimum atomic E-state index is -0.131. The summed E-state index contributed by atoms with van der Waals surface area (Å²) in [5.74, 6) is 0.226. The van der Waals surface area contributed by atoms with E-state index in [4.69, 9.17) is 9.97 Å². The molecule has 3 nitrogen and oxygen atoms in total. The zero-order chi connectivity index (χ0) is 27.5. The maximum atomic E-state index is 10.7. The molecule has 0 saturated carbocycles. The van der Waals surface area contributed by atoms with Crippen molar-refractivity contribution in [1.82, 2.24) is 9.97 Å². The summed E-state index contributed by atoms with van der Waals surface area (Å²) in [5, 5.41) is 15.3. The highest BCUT2D eigenvalue weighted by atomic mass is 16.3. The first kappa shape index (κ1) is 25.1. The summed E-state index contributed by atoms with van der Waals surface area (Å²) in [7, 11) is 0. The quantitative estimate of drug-likeness (QED) is 0.236. The van der Waals surface area contributed by atoms with Gasteiger partial charge in [0.15, 0.2) is 0 Å². The maximum absolute atomic E-state index is 10.7. The summed E-state index contributed by atoms with van der Waals surface area (Å²) in [4.78, 5) is 10.6. The number of benzene rings is 4. The summed E-state index contributed by atoms with van der Waals surface area (Å²) in [6.45, 7) is 13.4. The van der Waals surface area contributed by atoms with Crippen LogP contribution in [-0.2, 0) is 10.8 Å². The van der Waals surface area contributed by atoms with Crippen molar-refractivity contribution in [1.29, 1.82) is 0 Å². The fraction of sp³-hybridized carbons (Fsp3) is 0.222. The predicted octanol–water partition coefficient (Wildman–Crippen LogP) is 9.57. The van der Waals surface area contributed by atoms with Crippen molar-refractivity contribution in [2.45, 2.75) is 52.4 Å². The number of hydrogen-bond donors (Lipinski definition) is 1. The predicted molar refractivity (Wildman–Crippen MR) is 164 cm³/mol. The Balaban J connectivity index is 1.78. The van der Waals surface area contributed by atoms with Crippen LogP contribution in [0.2, 0.25) is 0 Å². The van der Waals surface area contributed by atoms with E-state index in [1.807, 2.05) is 18.2 Å². The Morgan fingerprint density at radius 3 is 1.59 bits per heavy atom. The van der Waals surface area contributed by atoms with Gasteiger partial charge in [-0.1, -0.05) is 108 Å². The fourth-order valence-electron chi connectivity index (χ4n) is 5.63. The van der Waals surface area contributed by atoms with Crippen LogP contribution in [0.5, 0.6) is 5.75 Å². The number of pyridine rings is 2. The summed E-state index contributed by atoms with van der Waals surface area (Å²) in [6.07, 6.45) is 0. The molecule has 0 amide bonds. The smallest absolute Gasteiger partial charge is 0.124 e. The molecule has 4 aromatic carbocycles. The van der Waals surface area contributed by atoms with Crippen LogP contribution in [-0.4, -0.2) is 15.1 Å². The third kappa shape index (κ3) is 4.32. The first-order valence-corrected chi connectivity index (χ1v) is 13.6. The lowest BCUT2D eigenvalue weighted by Crippen LogP contribution is -2.14. The van der Waals surface area contributed by atoms with Crippen LogP contribution in [0.15, 0.2) is 91.0 Å². The second kappa shape index (κ2) is 8.91. The molecular weight excluding hydrogens is 476 g/mol. The Morgan fingerprint density at radius 2 is 1.00 bits per heavy atom. The SMILES string of the molecule is CC(C)(C)c1cc(-c2ccccc2O)nc2c1ccc1c(C(C)(C)C)cc(-c3cccc4ccccc34)nc12. The molecule has 6 rings (SSSR count). The molecule has 0 radical (unpaired) electrons. The molecule has 3 heteroatoms. The number of aromatic hydroxyl groups is 1. The second-order valence-corrected chi connectivity index (χ2v) is 12.5. The first-order chi connectivity index (χ1) is 18.5. The Hall–Kier alpha value is -4.24. The molecule has 0 unspecified atom stereocenters. The number of rotatable bonds is 2. The topological polar surface area (TPSA) is 46.0 Å². The molecule has 2 aromatic heterocycles. The van der Waals surface area contributed by atoms with Crippen molar-refractivity contribution in [2.24, 2.45) is 0 Å². The summed E-state index contributed by atoms with van der Waals surface area (Å²) in [5.41, 5.74) is 7.50. The molecule has 194 valence electrons. The summed E-state index contributed by atoms with van der Waals surface area (Å²) < 4.78 is 0. The molecule has 0 atom stereocenters. The normalized spacial score (nSPS) is 12.5. The van der Waals surface area contributed by atoms with Gasteiger partial charge >= 0.3 is 0 Å². The van der Waals surface area contributed by atoms with E-state index in [1.165, 1.54) is 21.9 Å². The highest BCUT2D eigenvalue weighted by molar-refractivity contribution is 6.08.